The third-order valence-electron chi connectivity index (χ3n) is 8.49. The van der Waals surface area contributed by atoms with Gasteiger partial charge in [0.05, 0.1) is 5.60 Å². The van der Waals surface area contributed by atoms with E-state index in [2.05, 4.69) is 0 Å². The van der Waals surface area contributed by atoms with Crippen LogP contribution < -0.4 is 0 Å². The number of aliphatic hydroxyl groups is 4. The van der Waals surface area contributed by atoms with Gasteiger partial charge in [-0.15, -0.1) is 0 Å². The first-order valence-corrected chi connectivity index (χ1v) is 13.3. The topological polar surface area (TPSA) is 186 Å². The molecule has 0 aromatic rings. The molecule has 1 fully saturated rings. The summed E-state index contributed by atoms with van der Waals surface area (Å²) < 4.78 is 22.5. The standard InChI is InChI=1S/C28H40O12/c1-8-9-21(32)39-17-13-19(37-15(3)29)25(5)11-10-18(31)26(6,34)22(25)23(38-16(4)30)28(36)20(12-14(17)2)40-24(33)27(28,7)35/h10-12,17-20,22-23,31,34-36H,8-9,13H2,1-7H3/b14-12-/t17-,18-,19+,20+,22-,23+,25-,26-,27-,28+/m1/s1. The second kappa shape index (κ2) is 10.9. The van der Waals surface area contributed by atoms with Gasteiger partial charge in [0.25, 0.3) is 0 Å². The third-order valence-corrected chi connectivity index (χ3v) is 8.49. The molecule has 10 atom stereocenters. The normalized spacial score (nSPS) is 44.3. The molecule has 0 aromatic heterocycles. The lowest BCUT2D eigenvalue weighted by molar-refractivity contribution is -0.258. The van der Waals surface area contributed by atoms with Crippen LogP contribution in [-0.4, -0.2) is 91.6 Å². The molecule has 3 aliphatic rings. The molecule has 40 heavy (non-hydrogen) atoms. The maximum absolute atomic E-state index is 12.9. The van der Waals surface area contributed by atoms with Crippen LogP contribution in [-0.2, 0) is 38.1 Å². The summed E-state index contributed by atoms with van der Waals surface area (Å²) in [4.78, 5) is 50.3. The van der Waals surface area contributed by atoms with Crippen LogP contribution in [0.25, 0.3) is 0 Å². The summed E-state index contributed by atoms with van der Waals surface area (Å²) in [6.45, 7) is 9.33. The second-order valence-electron chi connectivity index (χ2n) is 11.6. The van der Waals surface area contributed by atoms with Crippen LogP contribution in [0, 0.1) is 11.3 Å². The van der Waals surface area contributed by atoms with E-state index < -0.39 is 82.5 Å². The second-order valence-corrected chi connectivity index (χ2v) is 11.6. The predicted molar refractivity (Wildman–Crippen MR) is 137 cm³/mol. The number of esters is 4. The number of hydrogen-bond donors (Lipinski definition) is 4. The maximum atomic E-state index is 12.9. The molecule has 1 heterocycles. The fourth-order valence-electron chi connectivity index (χ4n) is 6.22. The molecule has 4 N–H and O–H groups in total. The summed E-state index contributed by atoms with van der Waals surface area (Å²) in [5.74, 6) is -4.94. The van der Waals surface area contributed by atoms with Crippen LogP contribution in [0.4, 0.5) is 0 Å². The number of fused-ring (bicyclic) bond motifs is 2. The SMILES string of the molecule is CCCC(=O)O[C@@H]1C[C@H](OC(C)=O)[C@@]2(C)C=C[C@@H](O)[C@@](C)(O)[C@@H]2[C@H](OC(C)=O)[C@@]2(O)[C@H](/C=C\1C)OC(=O)[C@@]2(C)O. The fourth-order valence-corrected chi connectivity index (χ4v) is 6.22. The summed E-state index contributed by atoms with van der Waals surface area (Å²) in [7, 11) is 0. The highest BCUT2D eigenvalue weighted by atomic mass is 16.6. The number of aliphatic hydroxyl groups excluding tert-OH is 1. The molecule has 0 saturated carbocycles. The number of carbonyl (C=O) groups excluding carboxylic acids is 4. The molecule has 1 aliphatic heterocycles. The van der Waals surface area contributed by atoms with Crippen LogP contribution in [0.1, 0.15) is 67.7 Å². The van der Waals surface area contributed by atoms with Crippen LogP contribution in [0.2, 0.25) is 0 Å². The first-order valence-electron chi connectivity index (χ1n) is 13.3. The molecule has 1 saturated heterocycles. The zero-order valence-corrected chi connectivity index (χ0v) is 23.9. The van der Waals surface area contributed by atoms with Crippen LogP contribution in [0.15, 0.2) is 23.8 Å². The van der Waals surface area contributed by atoms with Crippen LogP contribution >= 0.6 is 0 Å². The molecule has 0 unspecified atom stereocenters. The summed E-state index contributed by atoms with van der Waals surface area (Å²) in [5, 5.41) is 46.3. The van der Waals surface area contributed by atoms with Gasteiger partial charge >= 0.3 is 23.9 Å². The van der Waals surface area contributed by atoms with Crippen molar-refractivity contribution in [1.82, 2.24) is 0 Å². The summed E-state index contributed by atoms with van der Waals surface area (Å²) in [6.07, 6.45) is -2.87. The molecule has 12 heteroatoms. The zero-order chi connectivity index (χ0) is 30.4. The Morgan fingerprint density at radius 2 is 1.65 bits per heavy atom. The molecule has 224 valence electrons. The van der Waals surface area contributed by atoms with Gasteiger partial charge in [-0.3, -0.25) is 14.4 Å². The highest BCUT2D eigenvalue weighted by Crippen LogP contribution is 2.55. The summed E-state index contributed by atoms with van der Waals surface area (Å²) in [6, 6.07) is 0. The largest absolute Gasteiger partial charge is 0.461 e. The van der Waals surface area contributed by atoms with E-state index >= 15 is 0 Å². The van der Waals surface area contributed by atoms with Gasteiger partial charge in [-0.1, -0.05) is 26.0 Å². The lowest BCUT2D eigenvalue weighted by atomic mass is 9.54. The molecule has 0 amide bonds. The Hall–Kier alpha value is -2.80. The smallest absolute Gasteiger partial charge is 0.341 e. The first-order chi connectivity index (χ1) is 18.3. The van der Waals surface area contributed by atoms with Crippen molar-refractivity contribution < 1.29 is 58.6 Å². The van der Waals surface area contributed by atoms with Crippen molar-refractivity contribution in [3.05, 3.63) is 23.8 Å². The number of rotatable bonds is 5. The van der Waals surface area contributed by atoms with Crippen molar-refractivity contribution in [3.8, 4) is 0 Å². The zero-order valence-electron chi connectivity index (χ0n) is 23.9. The van der Waals surface area contributed by atoms with E-state index in [1.54, 1.807) is 20.8 Å². The molecule has 3 rings (SSSR count). The highest BCUT2D eigenvalue weighted by Gasteiger charge is 2.74. The Morgan fingerprint density at radius 1 is 1.05 bits per heavy atom. The van der Waals surface area contributed by atoms with Gasteiger partial charge in [-0.05, 0) is 38.8 Å². The number of ether oxygens (including phenoxy) is 4. The minimum Gasteiger partial charge on any atom is -0.461 e. The van der Waals surface area contributed by atoms with Crippen molar-refractivity contribution in [2.75, 3.05) is 0 Å². The molecule has 0 aromatic carbocycles. The Morgan fingerprint density at radius 3 is 2.20 bits per heavy atom. The molecule has 2 aliphatic carbocycles. The van der Waals surface area contributed by atoms with Crippen LogP contribution in [0.3, 0.4) is 0 Å². The average molecular weight is 569 g/mol. The molecule has 0 radical (unpaired) electrons. The lowest BCUT2D eigenvalue weighted by Gasteiger charge is -2.57. The van der Waals surface area contributed by atoms with E-state index in [0.29, 0.717) is 12.0 Å². The number of carbonyl (C=O) groups is 4. The van der Waals surface area contributed by atoms with Gasteiger partial charge < -0.3 is 39.4 Å². The molecule has 12 nitrogen and oxygen atoms in total. The van der Waals surface area contributed by atoms with Gasteiger partial charge in [0.2, 0.25) is 0 Å². The minimum absolute atomic E-state index is 0.0916. The van der Waals surface area contributed by atoms with Gasteiger partial charge in [-0.25, -0.2) is 4.79 Å². The lowest BCUT2D eigenvalue weighted by Crippen LogP contribution is -2.73. The highest BCUT2D eigenvalue weighted by molar-refractivity contribution is 5.84. The monoisotopic (exact) mass is 568 g/mol. The van der Waals surface area contributed by atoms with Crippen molar-refractivity contribution in [1.29, 1.82) is 0 Å². The Kier molecular flexibility index (Phi) is 8.63. The minimum atomic E-state index is -2.73. The van der Waals surface area contributed by atoms with Gasteiger partial charge in [0.15, 0.2) is 17.3 Å². The Bertz CT molecular complexity index is 1110. The van der Waals surface area contributed by atoms with E-state index in [-0.39, 0.29) is 12.8 Å². The number of hydrogen-bond acceptors (Lipinski definition) is 12. The maximum Gasteiger partial charge on any atom is 0.341 e. The van der Waals surface area contributed by atoms with Gasteiger partial charge in [-0.2, -0.15) is 0 Å². The van der Waals surface area contributed by atoms with E-state index in [0.717, 1.165) is 13.8 Å². The van der Waals surface area contributed by atoms with Crippen molar-refractivity contribution in [2.45, 2.75) is 115 Å². The van der Waals surface area contributed by atoms with E-state index in [1.807, 2.05) is 0 Å². The predicted octanol–water partition coefficient (Wildman–Crippen LogP) is 0.623. The quantitative estimate of drug-likeness (QED) is 0.206. The van der Waals surface area contributed by atoms with Crippen molar-refractivity contribution >= 4 is 23.9 Å². The van der Waals surface area contributed by atoms with Gasteiger partial charge in [0.1, 0.15) is 24.4 Å². The van der Waals surface area contributed by atoms with Crippen molar-refractivity contribution in [2.24, 2.45) is 11.3 Å². The first kappa shape index (κ1) is 31.7. The molecule has 0 spiro atoms. The fraction of sp³-hybridized carbons (Fsp3) is 0.714. The van der Waals surface area contributed by atoms with E-state index in [9.17, 15) is 39.6 Å². The molecule has 0 bridgehead atoms. The molecular formula is C28H40O12. The molecular weight excluding hydrogens is 528 g/mol. The third kappa shape index (κ3) is 5.17. The summed E-state index contributed by atoms with van der Waals surface area (Å²) in [5.41, 5.74) is -8.83. The van der Waals surface area contributed by atoms with E-state index in [1.165, 1.54) is 32.1 Å². The van der Waals surface area contributed by atoms with Crippen molar-refractivity contribution in [3.63, 3.8) is 0 Å². The van der Waals surface area contributed by atoms with Gasteiger partial charge in [0, 0.05) is 38.0 Å². The van der Waals surface area contributed by atoms with Crippen LogP contribution in [0.5, 0.6) is 0 Å². The summed E-state index contributed by atoms with van der Waals surface area (Å²) >= 11 is 0. The van der Waals surface area contributed by atoms with E-state index in [4.69, 9.17) is 18.9 Å². The average Bonchev–Trinajstić information content (AvgIpc) is 2.99. The Balaban J connectivity index is 2.42. The Labute approximate surface area is 232 Å².